The van der Waals surface area contributed by atoms with Crippen molar-refractivity contribution in [2.24, 2.45) is 0 Å². The minimum Gasteiger partial charge on any atom is -0.368 e. The molecule has 1 saturated carbocycles. The van der Waals surface area contributed by atoms with E-state index < -0.39 is 0 Å². The lowest BCUT2D eigenvalue weighted by Gasteiger charge is -2.34. The van der Waals surface area contributed by atoms with Crippen molar-refractivity contribution in [3.63, 3.8) is 0 Å². The Labute approximate surface area is 114 Å². The second-order valence-corrected chi connectivity index (χ2v) is 4.61. The maximum atomic E-state index is 5.58. The van der Waals surface area contributed by atoms with Crippen LogP contribution in [-0.2, 0) is 0 Å². The molecule has 2 atom stereocenters. The summed E-state index contributed by atoms with van der Waals surface area (Å²) in [5.74, 6) is 1.57. The van der Waals surface area contributed by atoms with Crippen LogP contribution in [0.25, 0.3) is 0 Å². The molecule has 0 radical (unpaired) electrons. The molecule has 0 spiro atoms. The van der Waals surface area contributed by atoms with Gasteiger partial charge in [-0.1, -0.05) is 0 Å². The Morgan fingerprint density at radius 3 is 1.10 bits per heavy atom. The van der Waals surface area contributed by atoms with Crippen LogP contribution in [0.5, 0.6) is 0 Å². The van der Waals surface area contributed by atoms with Crippen LogP contribution in [0.2, 0.25) is 0 Å². The molecule has 3 rings (SSSR count). The first-order valence-corrected chi connectivity index (χ1v) is 6.07. The van der Waals surface area contributed by atoms with Gasteiger partial charge in [-0.15, -0.1) is 0 Å². The van der Waals surface area contributed by atoms with Gasteiger partial charge in [0.05, 0.1) is 0 Å². The third-order valence-corrected chi connectivity index (χ3v) is 3.31. The molecule has 0 bridgehead atoms. The van der Waals surface area contributed by atoms with Gasteiger partial charge in [0.15, 0.2) is 0 Å². The van der Waals surface area contributed by atoms with Crippen LogP contribution in [-0.4, -0.2) is 29.9 Å². The van der Waals surface area contributed by atoms with Crippen LogP contribution in [0, 0.1) is 0 Å². The van der Waals surface area contributed by atoms with E-state index in [4.69, 9.17) is 22.9 Å². The Morgan fingerprint density at radius 1 is 0.550 bits per heavy atom. The predicted molar refractivity (Wildman–Crippen MR) is 72.0 cm³/mol. The molecule has 0 amide bonds. The van der Waals surface area contributed by atoms with Crippen molar-refractivity contribution in [2.75, 3.05) is 22.9 Å². The molecule has 20 heavy (non-hydrogen) atoms. The van der Waals surface area contributed by atoms with Crippen LogP contribution in [0.1, 0.15) is 36.3 Å². The molecule has 104 valence electrons. The number of nitrogen functional groups attached to an aromatic ring is 4. The smallest absolute Gasteiger partial charge is 0.225 e. The van der Waals surface area contributed by atoms with Crippen molar-refractivity contribution in [2.45, 2.75) is 24.7 Å². The molecule has 1 aliphatic rings. The van der Waals surface area contributed by atoms with Gasteiger partial charge in [-0.2, -0.15) is 29.9 Å². The van der Waals surface area contributed by atoms with E-state index in [1.165, 1.54) is 0 Å². The Morgan fingerprint density at radius 2 is 0.850 bits per heavy atom. The van der Waals surface area contributed by atoms with Crippen LogP contribution >= 0.6 is 0 Å². The molecular formula is C10H14N10. The number of hydrogen-bond donors (Lipinski definition) is 4. The fourth-order valence-electron chi connectivity index (χ4n) is 2.30. The Kier molecular flexibility index (Phi) is 2.70. The fourth-order valence-corrected chi connectivity index (χ4v) is 2.30. The number of rotatable bonds is 2. The Balaban J connectivity index is 1.92. The molecule has 2 unspecified atom stereocenters. The van der Waals surface area contributed by atoms with E-state index in [0.717, 1.165) is 12.8 Å². The van der Waals surface area contributed by atoms with E-state index in [0.29, 0.717) is 11.6 Å². The zero-order valence-corrected chi connectivity index (χ0v) is 10.6. The van der Waals surface area contributed by atoms with Crippen LogP contribution < -0.4 is 22.9 Å². The average molecular weight is 274 g/mol. The number of nitrogens with zero attached hydrogens (tertiary/aromatic N) is 6. The van der Waals surface area contributed by atoms with Crippen molar-refractivity contribution in [1.29, 1.82) is 0 Å². The highest BCUT2D eigenvalue weighted by atomic mass is 15.2. The van der Waals surface area contributed by atoms with Crippen molar-refractivity contribution in [1.82, 2.24) is 29.9 Å². The van der Waals surface area contributed by atoms with Crippen molar-refractivity contribution < 1.29 is 0 Å². The van der Waals surface area contributed by atoms with Gasteiger partial charge in [-0.25, -0.2) is 0 Å². The quantitative estimate of drug-likeness (QED) is 0.532. The summed E-state index contributed by atoms with van der Waals surface area (Å²) in [4.78, 5) is 24.0. The van der Waals surface area contributed by atoms with E-state index in [9.17, 15) is 0 Å². The Bertz CT molecular complexity index is 558. The normalized spacial score (nSPS) is 21.4. The van der Waals surface area contributed by atoms with Crippen molar-refractivity contribution in [3.8, 4) is 0 Å². The van der Waals surface area contributed by atoms with E-state index >= 15 is 0 Å². The summed E-state index contributed by atoms with van der Waals surface area (Å²) in [6.45, 7) is 0. The van der Waals surface area contributed by atoms with E-state index in [1.807, 2.05) is 0 Å². The Hall–Kier alpha value is -2.78. The largest absolute Gasteiger partial charge is 0.368 e. The number of anilines is 4. The standard InChI is InChI=1S/C10H14N10/c11-7-15-5(16-8(12)19-7)3-1-2-4(3)6-17-9(13)20-10(14)18-6/h3-4H,1-2H2,(H4,11,12,15,16,19)(H4,13,14,17,18,20). The molecule has 10 nitrogen and oxygen atoms in total. The first-order valence-electron chi connectivity index (χ1n) is 6.07. The highest BCUT2D eigenvalue weighted by Crippen LogP contribution is 2.47. The molecule has 1 aliphatic carbocycles. The van der Waals surface area contributed by atoms with Gasteiger partial charge in [0, 0.05) is 11.8 Å². The van der Waals surface area contributed by atoms with Gasteiger partial charge in [0.1, 0.15) is 11.6 Å². The molecular weight excluding hydrogens is 260 g/mol. The van der Waals surface area contributed by atoms with Gasteiger partial charge in [0.25, 0.3) is 0 Å². The first-order chi connectivity index (χ1) is 9.52. The summed E-state index contributed by atoms with van der Waals surface area (Å²) in [5.41, 5.74) is 22.3. The minimum atomic E-state index is 0.0313. The number of hydrogen-bond acceptors (Lipinski definition) is 10. The van der Waals surface area contributed by atoms with E-state index in [1.54, 1.807) is 0 Å². The minimum absolute atomic E-state index is 0.0313. The molecule has 10 heteroatoms. The van der Waals surface area contributed by atoms with Gasteiger partial charge >= 0.3 is 0 Å². The zero-order chi connectivity index (χ0) is 14.3. The number of nitrogens with two attached hydrogens (primary N) is 4. The third-order valence-electron chi connectivity index (χ3n) is 3.31. The monoisotopic (exact) mass is 274 g/mol. The maximum absolute atomic E-state index is 5.58. The molecule has 8 N–H and O–H groups in total. The lowest BCUT2D eigenvalue weighted by atomic mass is 9.72. The predicted octanol–water partition coefficient (Wildman–Crippen LogP) is -0.953. The SMILES string of the molecule is Nc1nc(N)nc(C2CCC2c2nc(N)nc(N)n2)n1. The van der Waals surface area contributed by atoms with Crippen LogP contribution in [0.4, 0.5) is 23.8 Å². The van der Waals surface area contributed by atoms with Gasteiger partial charge in [-0.3, -0.25) is 0 Å². The highest BCUT2D eigenvalue weighted by molar-refractivity contribution is 5.32. The summed E-state index contributed by atoms with van der Waals surface area (Å²) < 4.78 is 0. The van der Waals surface area contributed by atoms with Crippen LogP contribution in [0.15, 0.2) is 0 Å². The van der Waals surface area contributed by atoms with Crippen molar-refractivity contribution in [3.05, 3.63) is 11.6 Å². The first kappa shape index (κ1) is 12.3. The second-order valence-electron chi connectivity index (χ2n) is 4.61. The molecule has 0 aliphatic heterocycles. The van der Waals surface area contributed by atoms with Gasteiger partial charge < -0.3 is 22.9 Å². The molecule has 0 aromatic carbocycles. The summed E-state index contributed by atoms with van der Waals surface area (Å²) in [6.07, 6.45) is 1.78. The lowest BCUT2D eigenvalue weighted by molar-refractivity contribution is 0.319. The zero-order valence-electron chi connectivity index (χ0n) is 10.6. The number of aromatic nitrogens is 6. The molecule has 2 aromatic heterocycles. The molecule has 1 fully saturated rings. The third kappa shape index (κ3) is 2.11. The fraction of sp³-hybridized carbons (Fsp3) is 0.400. The molecule has 2 heterocycles. The maximum Gasteiger partial charge on any atom is 0.225 e. The van der Waals surface area contributed by atoms with Gasteiger partial charge in [-0.05, 0) is 12.8 Å². The molecule has 0 saturated heterocycles. The van der Waals surface area contributed by atoms with Crippen LogP contribution in [0.3, 0.4) is 0 Å². The second kappa shape index (κ2) is 4.40. The molecule has 2 aromatic rings. The lowest BCUT2D eigenvalue weighted by Crippen LogP contribution is -2.27. The summed E-state index contributed by atoms with van der Waals surface area (Å²) in [5, 5.41) is 0. The van der Waals surface area contributed by atoms with E-state index in [-0.39, 0.29) is 35.6 Å². The summed E-state index contributed by atoms with van der Waals surface area (Å²) in [7, 11) is 0. The van der Waals surface area contributed by atoms with E-state index in [2.05, 4.69) is 29.9 Å². The summed E-state index contributed by atoms with van der Waals surface area (Å²) >= 11 is 0. The topological polar surface area (TPSA) is 181 Å². The highest BCUT2D eigenvalue weighted by Gasteiger charge is 2.38. The summed E-state index contributed by atoms with van der Waals surface area (Å²) in [6, 6.07) is 0. The van der Waals surface area contributed by atoms with Crippen molar-refractivity contribution >= 4 is 23.8 Å². The van der Waals surface area contributed by atoms with Gasteiger partial charge in [0.2, 0.25) is 23.8 Å². The average Bonchev–Trinajstić information content (AvgIpc) is 2.23.